The van der Waals surface area contributed by atoms with Crippen molar-refractivity contribution < 1.29 is 0 Å². The number of nitrogens with one attached hydrogen (secondary N) is 1. The molecule has 0 saturated carbocycles. The molecule has 2 fully saturated rings. The monoisotopic (exact) mass is 217 g/mol. The second-order valence-corrected chi connectivity index (χ2v) is 4.89. The van der Waals surface area contributed by atoms with Crippen molar-refractivity contribution in [2.75, 3.05) is 39.8 Å². The highest BCUT2D eigenvalue weighted by Crippen LogP contribution is 2.18. The molecule has 1 unspecified atom stereocenters. The van der Waals surface area contributed by atoms with Crippen molar-refractivity contribution in [1.82, 2.24) is 15.1 Å². The number of halogens is 1. The fourth-order valence-electron chi connectivity index (χ4n) is 2.35. The van der Waals surface area contributed by atoms with Crippen molar-refractivity contribution in [3.05, 3.63) is 0 Å². The third kappa shape index (κ3) is 2.40. The first-order chi connectivity index (χ1) is 6.77. The van der Waals surface area contributed by atoms with Gasteiger partial charge in [-0.1, -0.05) is 0 Å². The third-order valence-electron chi connectivity index (χ3n) is 3.43. The zero-order valence-electron chi connectivity index (χ0n) is 8.88. The fourth-order valence-corrected chi connectivity index (χ4v) is 2.63. The lowest BCUT2D eigenvalue weighted by molar-refractivity contribution is 0.0812. The highest BCUT2D eigenvalue weighted by Gasteiger charge is 2.28. The largest absolute Gasteiger partial charge is 0.317 e. The summed E-state index contributed by atoms with van der Waals surface area (Å²) in [5, 5.41) is 3.40. The van der Waals surface area contributed by atoms with Gasteiger partial charge in [-0.2, -0.15) is 0 Å². The van der Waals surface area contributed by atoms with Crippen LogP contribution in [0.1, 0.15) is 12.8 Å². The molecule has 2 aliphatic heterocycles. The Bertz CT molecular complexity index is 182. The van der Waals surface area contributed by atoms with Crippen LogP contribution >= 0.6 is 11.6 Å². The Morgan fingerprint density at radius 1 is 1.21 bits per heavy atom. The summed E-state index contributed by atoms with van der Waals surface area (Å²) in [4.78, 5) is 4.80. The highest BCUT2D eigenvalue weighted by molar-refractivity contribution is 6.20. The van der Waals surface area contributed by atoms with E-state index in [2.05, 4.69) is 22.2 Å². The molecule has 0 radical (unpaired) electrons. The van der Waals surface area contributed by atoms with Crippen LogP contribution in [-0.2, 0) is 0 Å². The Kier molecular flexibility index (Phi) is 3.66. The third-order valence-corrected chi connectivity index (χ3v) is 3.90. The number of nitrogens with zero attached hydrogens (tertiary/aromatic N) is 2. The Hall–Kier alpha value is 0.170. The molecular formula is C10H20ClN3. The summed E-state index contributed by atoms with van der Waals surface area (Å²) in [5.41, 5.74) is 0.207. The van der Waals surface area contributed by atoms with E-state index >= 15 is 0 Å². The molecule has 0 aromatic heterocycles. The van der Waals surface area contributed by atoms with Crippen LogP contribution in [0.15, 0.2) is 0 Å². The van der Waals surface area contributed by atoms with Crippen molar-refractivity contribution in [1.29, 1.82) is 0 Å². The van der Waals surface area contributed by atoms with Gasteiger partial charge in [-0.15, -0.1) is 11.6 Å². The number of likely N-dealkylation sites (N-methyl/N-ethyl adjacent to an activating group) is 1. The molecule has 1 atom stereocenters. The Morgan fingerprint density at radius 2 is 1.93 bits per heavy atom. The second kappa shape index (κ2) is 4.79. The molecule has 1 N–H and O–H groups in total. The van der Waals surface area contributed by atoms with E-state index in [4.69, 9.17) is 11.6 Å². The second-order valence-electron chi connectivity index (χ2n) is 4.39. The fraction of sp³-hybridized carbons (Fsp3) is 1.00. The van der Waals surface area contributed by atoms with Crippen molar-refractivity contribution in [3.8, 4) is 0 Å². The normalized spacial score (nSPS) is 33.4. The van der Waals surface area contributed by atoms with E-state index in [1.54, 1.807) is 0 Å². The van der Waals surface area contributed by atoms with Gasteiger partial charge in [0.05, 0.1) is 5.50 Å². The Balaban J connectivity index is 1.85. The molecule has 82 valence electrons. The van der Waals surface area contributed by atoms with Crippen LogP contribution in [0.2, 0.25) is 0 Å². The maximum Gasteiger partial charge on any atom is 0.0977 e. The minimum Gasteiger partial charge on any atom is -0.317 e. The molecular weight excluding hydrogens is 198 g/mol. The van der Waals surface area contributed by atoms with E-state index in [1.165, 1.54) is 32.5 Å². The number of piperidine rings is 1. The summed E-state index contributed by atoms with van der Waals surface area (Å²) in [7, 11) is 2.11. The van der Waals surface area contributed by atoms with Crippen molar-refractivity contribution in [3.63, 3.8) is 0 Å². The molecule has 14 heavy (non-hydrogen) atoms. The number of hydrogen-bond acceptors (Lipinski definition) is 3. The van der Waals surface area contributed by atoms with Gasteiger partial charge in [0.2, 0.25) is 0 Å². The predicted octanol–water partition coefficient (Wildman–Crippen LogP) is 0.551. The molecule has 0 spiro atoms. The minimum atomic E-state index is 0.207. The molecule has 2 saturated heterocycles. The first-order valence-electron chi connectivity index (χ1n) is 5.56. The quantitative estimate of drug-likeness (QED) is 0.511. The molecule has 2 aliphatic rings. The van der Waals surface area contributed by atoms with E-state index in [1.807, 2.05) is 0 Å². The number of alkyl halides is 1. The summed E-state index contributed by atoms with van der Waals surface area (Å²) in [5.74, 6) is 0. The smallest absolute Gasteiger partial charge is 0.0977 e. The molecule has 0 aromatic rings. The molecule has 0 amide bonds. The lowest BCUT2D eigenvalue weighted by atomic mass is 10.0. The van der Waals surface area contributed by atoms with Gasteiger partial charge in [-0.05, 0) is 33.0 Å². The van der Waals surface area contributed by atoms with E-state index in [9.17, 15) is 0 Å². The maximum absolute atomic E-state index is 6.25. The van der Waals surface area contributed by atoms with E-state index in [-0.39, 0.29) is 5.50 Å². The van der Waals surface area contributed by atoms with Gasteiger partial charge < -0.3 is 5.32 Å². The topological polar surface area (TPSA) is 18.5 Å². The van der Waals surface area contributed by atoms with Crippen LogP contribution in [-0.4, -0.2) is 61.1 Å². The van der Waals surface area contributed by atoms with Crippen molar-refractivity contribution in [2.45, 2.75) is 24.4 Å². The molecule has 3 nitrogen and oxygen atoms in total. The minimum absolute atomic E-state index is 0.207. The highest BCUT2D eigenvalue weighted by atomic mass is 35.5. The van der Waals surface area contributed by atoms with Gasteiger partial charge in [0.15, 0.2) is 0 Å². The molecule has 0 bridgehead atoms. The molecule has 2 rings (SSSR count). The van der Waals surface area contributed by atoms with Crippen molar-refractivity contribution in [2.24, 2.45) is 0 Å². The van der Waals surface area contributed by atoms with E-state index in [0.717, 1.165) is 19.1 Å². The molecule has 2 heterocycles. The SMILES string of the molecule is CN1CCN(C2CCNCC2)CC1Cl. The zero-order valence-corrected chi connectivity index (χ0v) is 9.63. The first-order valence-corrected chi connectivity index (χ1v) is 6.00. The number of hydrogen-bond donors (Lipinski definition) is 1. The average Bonchev–Trinajstić information content (AvgIpc) is 2.23. The zero-order chi connectivity index (χ0) is 9.97. The molecule has 0 aliphatic carbocycles. The van der Waals surface area contributed by atoms with Gasteiger partial charge in [0, 0.05) is 25.7 Å². The predicted molar refractivity (Wildman–Crippen MR) is 59.7 cm³/mol. The standard InChI is InChI=1S/C10H20ClN3/c1-13-6-7-14(8-10(13)11)9-2-4-12-5-3-9/h9-10,12H,2-8H2,1H3. The Morgan fingerprint density at radius 3 is 2.57 bits per heavy atom. The summed E-state index contributed by atoms with van der Waals surface area (Å²) in [6.45, 7) is 5.67. The summed E-state index contributed by atoms with van der Waals surface area (Å²) in [6, 6.07) is 0.770. The molecule has 4 heteroatoms. The van der Waals surface area contributed by atoms with Crippen LogP contribution < -0.4 is 5.32 Å². The summed E-state index contributed by atoms with van der Waals surface area (Å²) >= 11 is 6.25. The number of piperazine rings is 1. The average molecular weight is 218 g/mol. The maximum atomic E-state index is 6.25. The van der Waals surface area contributed by atoms with Crippen LogP contribution in [0.4, 0.5) is 0 Å². The van der Waals surface area contributed by atoms with Gasteiger partial charge in [0.1, 0.15) is 0 Å². The van der Waals surface area contributed by atoms with Crippen LogP contribution in [0.25, 0.3) is 0 Å². The van der Waals surface area contributed by atoms with Gasteiger partial charge in [-0.25, -0.2) is 0 Å². The van der Waals surface area contributed by atoms with Crippen LogP contribution in [0, 0.1) is 0 Å². The Labute approximate surface area is 91.4 Å². The first kappa shape index (κ1) is 10.7. The van der Waals surface area contributed by atoms with E-state index in [0.29, 0.717) is 0 Å². The van der Waals surface area contributed by atoms with Crippen LogP contribution in [0.3, 0.4) is 0 Å². The summed E-state index contributed by atoms with van der Waals surface area (Å²) in [6.07, 6.45) is 2.57. The lowest BCUT2D eigenvalue weighted by Crippen LogP contribution is -2.54. The van der Waals surface area contributed by atoms with Crippen molar-refractivity contribution >= 4 is 11.6 Å². The van der Waals surface area contributed by atoms with Crippen LogP contribution in [0.5, 0.6) is 0 Å². The van der Waals surface area contributed by atoms with Gasteiger partial charge >= 0.3 is 0 Å². The molecule has 0 aromatic carbocycles. The summed E-state index contributed by atoms with van der Waals surface area (Å²) < 4.78 is 0. The lowest BCUT2D eigenvalue weighted by Gasteiger charge is -2.42. The van der Waals surface area contributed by atoms with Gasteiger partial charge in [-0.3, -0.25) is 9.80 Å². The van der Waals surface area contributed by atoms with Gasteiger partial charge in [0.25, 0.3) is 0 Å². The van der Waals surface area contributed by atoms with E-state index < -0.39 is 0 Å². The number of rotatable bonds is 1.